The predicted molar refractivity (Wildman–Crippen MR) is 97.3 cm³/mol. The van der Waals surface area contributed by atoms with Crippen LogP contribution in [0.25, 0.3) is 10.9 Å². The van der Waals surface area contributed by atoms with Crippen molar-refractivity contribution >= 4 is 16.8 Å². The number of amides is 1. The minimum atomic E-state index is -0.256. The molecule has 1 amide bonds. The van der Waals surface area contributed by atoms with Crippen LogP contribution in [-0.4, -0.2) is 32.2 Å². The lowest BCUT2D eigenvalue weighted by Crippen LogP contribution is -2.26. The molecule has 7 heteroatoms. The molecule has 2 N–H and O–H groups in total. The van der Waals surface area contributed by atoms with E-state index in [0.717, 1.165) is 11.1 Å². The van der Waals surface area contributed by atoms with Crippen molar-refractivity contribution in [2.45, 2.75) is 19.9 Å². The fourth-order valence-corrected chi connectivity index (χ4v) is 2.90. The first kappa shape index (κ1) is 17.7. The van der Waals surface area contributed by atoms with Gasteiger partial charge in [0.25, 0.3) is 5.91 Å². The Morgan fingerprint density at radius 2 is 1.85 bits per heavy atom. The van der Waals surface area contributed by atoms with Crippen LogP contribution in [0.3, 0.4) is 0 Å². The molecule has 2 heterocycles. The van der Waals surface area contributed by atoms with Crippen molar-refractivity contribution in [2.75, 3.05) is 21.3 Å². The van der Waals surface area contributed by atoms with E-state index in [2.05, 4.69) is 10.3 Å². The summed E-state index contributed by atoms with van der Waals surface area (Å²) in [4.78, 5) is 15.7. The number of methoxy groups -OCH3 is 3. The Morgan fingerprint density at radius 1 is 1.12 bits per heavy atom. The molecule has 0 unspecified atom stereocenters. The van der Waals surface area contributed by atoms with E-state index in [1.807, 2.05) is 26.0 Å². The van der Waals surface area contributed by atoms with E-state index in [9.17, 15) is 4.79 Å². The van der Waals surface area contributed by atoms with Gasteiger partial charge in [0.05, 0.1) is 32.9 Å². The Balaban J connectivity index is 1.94. The Hall–Kier alpha value is -3.09. The molecule has 3 aromatic rings. The number of carbonyl (C=O) groups excluding carboxylic acids is 1. The van der Waals surface area contributed by atoms with E-state index in [-0.39, 0.29) is 11.9 Å². The van der Waals surface area contributed by atoms with Gasteiger partial charge in [0, 0.05) is 5.39 Å². The molecule has 1 atom stereocenters. The minimum absolute atomic E-state index is 0.247. The second-order valence-corrected chi connectivity index (χ2v) is 5.94. The average molecular weight is 358 g/mol. The number of H-pyrrole nitrogens is 1. The molecule has 3 rings (SSSR count). The van der Waals surface area contributed by atoms with Gasteiger partial charge in [-0.15, -0.1) is 0 Å². The van der Waals surface area contributed by atoms with Gasteiger partial charge in [-0.2, -0.15) is 0 Å². The number of carbonyl (C=O) groups is 1. The molecular weight excluding hydrogens is 336 g/mol. The van der Waals surface area contributed by atoms with E-state index < -0.39 is 0 Å². The zero-order valence-corrected chi connectivity index (χ0v) is 15.4. The number of aryl methyl sites for hydroxylation is 1. The Kier molecular flexibility index (Phi) is 4.79. The van der Waals surface area contributed by atoms with Crippen LogP contribution in [0.4, 0.5) is 0 Å². The number of fused-ring (bicyclic) bond motifs is 1. The monoisotopic (exact) mass is 358 g/mol. The summed E-state index contributed by atoms with van der Waals surface area (Å²) in [5, 5.41) is 3.70. The third-order valence-corrected chi connectivity index (χ3v) is 4.20. The first-order chi connectivity index (χ1) is 12.5. The molecule has 0 fully saturated rings. The lowest BCUT2D eigenvalue weighted by atomic mass is 10.2. The zero-order chi connectivity index (χ0) is 18.8. The largest absolute Gasteiger partial charge is 0.493 e. The van der Waals surface area contributed by atoms with Crippen molar-refractivity contribution in [2.24, 2.45) is 0 Å². The minimum Gasteiger partial charge on any atom is -0.493 e. The standard InChI is InChI=1S/C19H22N2O5/c1-10-6-7-14(26-10)11(2)20-19(22)13-8-12-9-15(23-3)17(24-4)18(25-5)16(12)21-13/h6-9,11,21H,1-5H3,(H,20,22)/t11-/m0/s1. The van der Waals surface area contributed by atoms with E-state index in [1.165, 1.54) is 7.11 Å². The molecule has 0 aliphatic rings. The summed E-state index contributed by atoms with van der Waals surface area (Å²) >= 11 is 0. The summed E-state index contributed by atoms with van der Waals surface area (Å²) in [7, 11) is 4.63. The zero-order valence-electron chi connectivity index (χ0n) is 15.4. The van der Waals surface area contributed by atoms with E-state index >= 15 is 0 Å². The third kappa shape index (κ3) is 3.08. The van der Waals surface area contributed by atoms with Crippen LogP contribution in [0.2, 0.25) is 0 Å². The van der Waals surface area contributed by atoms with Crippen molar-refractivity contribution in [1.82, 2.24) is 10.3 Å². The fourth-order valence-electron chi connectivity index (χ4n) is 2.90. The number of nitrogens with one attached hydrogen (secondary N) is 2. The fraction of sp³-hybridized carbons (Fsp3) is 0.316. The van der Waals surface area contributed by atoms with Crippen molar-refractivity contribution in [3.05, 3.63) is 41.5 Å². The maximum Gasteiger partial charge on any atom is 0.268 e. The quantitative estimate of drug-likeness (QED) is 0.703. The molecule has 26 heavy (non-hydrogen) atoms. The average Bonchev–Trinajstić information content (AvgIpc) is 3.25. The molecular formula is C19H22N2O5. The number of aromatic nitrogens is 1. The van der Waals surface area contributed by atoms with E-state index in [1.54, 1.807) is 26.4 Å². The Labute approximate surface area is 151 Å². The molecule has 0 aliphatic heterocycles. The first-order valence-corrected chi connectivity index (χ1v) is 8.17. The molecule has 0 aliphatic carbocycles. The number of rotatable bonds is 6. The summed E-state index contributed by atoms with van der Waals surface area (Å²) in [5.74, 6) is 2.74. The Morgan fingerprint density at radius 3 is 2.42 bits per heavy atom. The highest BCUT2D eigenvalue weighted by atomic mass is 16.5. The third-order valence-electron chi connectivity index (χ3n) is 4.20. The lowest BCUT2D eigenvalue weighted by Gasteiger charge is -2.12. The summed E-state index contributed by atoms with van der Waals surface area (Å²) < 4.78 is 21.7. The summed E-state index contributed by atoms with van der Waals surface area (Å²) in [5.41, 5.74) is 1.07. The van der Waals surface area contributed by atoms with Crippen molar-refractivity contribution in [3.8, 4) is 17.2 Å². The highest BCUT2D eigenvalue weighted by Gasteiger charge is 2.21. The van der Waals surface area contributed by atoms with Crippen LogP contribution in [0.15, 0.2) is 28.7 Å². The number of hydrogen-bond acceptors (Lipinski definition) is 5. The smallest absolute Gasteiger partial charge is 0.268 e. The SMILES string of the molecule is COc1cc2cc(C(=O)N[C@@H](C)c3ccc(C)o3)[nH]c2c(OC)c1OC. The van der Waals surface area contributed by atoms with Gasteiger partial charge in [-0.05, 0) is 38.1 Å². The number of ether oxygens (including phenoxy) is 3. The van der Waals surface area contributed by atoms with Gasteiger partial charge in [0.15, 0.2) is 11.5 Å². The number of furan rings is 1. The molecule has 0 bridgehead atoms. The maximum atomic E-state index is 12.6. The van der Waals surface area contributed by atoms with Gasteiger partial charge in [-0.1, -0.05) is 0 Å². The Bertz CT molecular complexity index is 941. The summed E-state index contributed by atoms with van der Waals surface area (Å²) in [6, 6.07) is 7.00. The van der Waals surface area contributed by atoms with Gasteiger partial charge in [-0.3, -0.25) is 4.79 Å². The van der Waals surface area contributed by atoms with E-state index in [4.69, 9.17) is 18.6 Å². The van der Waals surface area contributed by atoms with Crippen molar-refractivity contribution in [1.29, 1.82) is 0 Å². The highest BCUT2D eigenvalue weighted by molar-refractivity contribution is 6.01. The molecule has 2 aromatic heterocycles. The van der Waals surface area contributed by atoms with Crippen LogP contribution >= 0.6 is 0 Å². The molecule has 0 saturated carbocycles. The summed E-state index contributed by atoms with van der Waals surface area (Å²) in [6.07, 6.45) is 0. The van der Waals surface area contributed by atoms with Crippen LogP contribution in [0, 0.1) is 6.92 Å². The van der Waals surface area contributed by atoms with Crippen molar-refractivity contribution < 1.29 is 23.4 Å². The topological polar surface area (TPSA) is 85.7 Å². The van der Waals surface area contributed by atoms with Gasteiger partial charge in [0.1, 0.15) is 17.2 Å². The molecule has 138 valence electrons. The van der Waals surface area contributed by atoms with Crippen LogP contribution in [-0.2, 0) is 0 Å². The van der Waals surface area contributed by atoms with Crippen molar-refractivity contribution in [3.63, 3.8) is 0 Å². The second-order valence-electron chi connectivity index (χ2n) is 5.94. The molecule has 0 spiro atoms. The molecule has 0 saturated heterocycles. The summed E-state index contributed by atoms with van der Waals surface area (Å²) in [6.45, 7) is 3.73. The number of hydrogen-bond donors (Lipinski definition) is 2. The number of benzene rings is 1. The predicted octanol–water partition coefficient (Wildman–Crippen LogP) is 3.59. The van der Waals surface area contributed by atoms with Crippen LogP contribution < -0.4 is 19.5 Å². The number of aromatic amines is 1. The van der Waals surface area contributed by atoms with Gasteiger partial charge >= 0.3 is 0 Å². The highest BCUT2D eigenvalue weighted by Crippen LogP contribution is 2.43. The normalized spacial score (nSPS) is 12.0. The van der Waals surface area contributed by atoms with Gasteiger partial charge in [0.2, 0.25) is 5.75 Å². The first-order valence-electron chi connectivity index (χ1n) is 8.17. The van der Waals surface area contributed by atoms with E-state index in [0.29, 0.717) is 34.2 Å². The van der Waals surface area contributed by atoms with Crippen LogP contribution in [0.1, 0.15) is 35.0 Å². The molecule has 0 radical (unpaired) electrons. The lowest BCUT2D eigenvalue weighted by molar-refractivity contribution is 0.0931. The van der Waals surface area contributed by atoms with Crippen LogP contribution in [0.5, 0.6) is 17.2 Å². The molecule has 1 aromatic carbocycles. The maximum absolute atomic E-state index is 12.6. The molecule has 7 nitrogen and oxygen atoms in total. The second kappa shape index (κ2) is 7.03. The van der Waals surface area contributed by atoms with Gasteiger partial charge < -0.3 is 28.9 Å². The van der Waals surface area contributed by atoms with Gasteiger partial charge in [-0.25, -0.2) is 0 Å².